The van der Waals surface area contributed by atoms with Crippen LogP contribution in [0, 0.1) is 6.92 Å². The van der Waals surface area contributed by atoms with Crippen molar-refractivity contribution >= 4 is 35.1 Å². The van der Waals surface area contributed by atoms with Gasteiger partial charge in [0.2, 0.25) is 11.1 Å². The minimum absolute atomic E-state index is 0.179. The fourth-order valence-corrected chi connectivity index (χ4v) is 2.87. The predicted octanol–water partition coefficient (Wildman–Crippen LogP) is 3.95. The van der Waals surface area contributed by atoms with Gasteiger partial charge >= 0.3 is 0 Å². The molecule has 2 heterocycles. The molecular formula is C17H16ClN5OS. The van der Waals surface area contributed by atoms with E-state index >= 15 is 0 Å². The van der Waals surface area contributed by atoms with Crippen molar-refractivity contribution in [1.82, 2.24) is 20.2 Å². The summed E-state index contributed by atoms with van der Waals surface area (Å²) in [6, 6.07) is 11.3. The standard InChI is InChI=1S/C17H16ClN5OS/c1-10-3-5-12(6-4-10)15-21-17(23-22-15)25-11(2)16(24)20-14-8-7-13(18)9-19-14/h3-9,11H,1-2H3,(H,19,20,24)(H,21,22,23)/t11-/m1/s1. The number of hydrogen-bond donors (Lipinski definition) is 2. The summed E-state index contributed by atoms with van der Waals surface area (Å²) in [4.78, 5) is 20.7. The van der Waals surface area contributed by atoms with Crippen molar-refractivity contribution < 1.29 is 4.79 Å². The largest absolute Gasteiger partial charge is 0.310 e. The van der Waals surface area contributed by atoms with E-state index in [9.17, 15) is 4.79 Å². The number of carbonyl (C=O) groups excluding carboxylic acids is 1. The van der Waals surface area contributed by atoms with Crippen molar-refractivity contribution in [2.75, 3.05) is 5.32 Å². The van der Waals surface area contributed by atoms with Crippen LogP contribution in [-0.2, 0) is 4.79 Å². The van der Waals surface area contributed by atoms with E-state index in [1.807, 2.05) is 31.2 Å². The first-order chi connectivity index (χ1) is 12.0. The summed E-state index contributed by atoms with van der Waals surface area (Å²) >= 11 is 7.05. The smallest absolute Gasteiger partial charge is 0.238 e. The van der Waals surface area contributed by atoms with Gasteiger partial charge in [0.15, 0.2) is 5.82 Å². The fraction of sp³-hybridized carbons (Fsp3) is 0.176. The van der Waals surface area contributed by atoms with Crippen molar-refractivity contribution in [3.8, 4) is 11.4 Å². The molecule has 0 bridgehead atoms. The predicted molar refractivity (Wildman–Crippen MR) is 99.8 cm³/mol. The first-order valence-electron chi connectivity index (χ1n) is 7.60. The molecule has 25 heavy (non-hydrogen) atoms. The van der Waals surface area contributed by atoms with Crippen LogP contribution in [0.5, 0.6) is 0 Å². The molecule has 3 aromatic rings. The number of nitrogens with zero attached hydrogens (tertiary/aromatic N) is 3. The van der Waals surface area contributed by atoms with Crippen molar-refractivity contribution in [1.29, 1.82) is 0 Å². The van der Waals surface area contributed by atoms with Crippen LogP contribution >= 0.6 is 23.4 Å². The van der Waals surface area contributed by atoms with E-state index in [2.05, 4.69) is 25.5 Å². The molecular weight excluding hydrogens is 358 g/mol. The zero-order valence-corrected chi connectivity index (χ0v) is 15.2. The Morgan fingerprint density at radius 2 is 2.00 bits per heavy atom. The van der Waals surface area contributed by atoms with Crippen LogP contribution in [0.2, 0.25) is 5.02 Å². The average molecular weight is 374 g/mol. The van der Waals surface area contributed by atoms with E-state index in [4.69, 9.17) is 11.6 Å². The minimum Gasteiger partial charge on any atom is -0.310 e. The number of anilines is 1. The molecule has 6 nitrogen and oxygen atoms in total. The molecule has 0 aliphatic carbocycles. The number of halogens is 1. The van der Waals surface area contributed by atoms with Crippen LogP contribution in [-0.4, -0.2) is 31.3 Å². The Labute approximate surface area is 154 Å². The molecule has 0 radical (unpaired) electrons. The Balaban J connectivity index is 1.62. The van der Waals surface area contributed by atoms with Crippen LogP contribution < -0.4 is 5.32 Å². The summed E-state index contributed by atoms with van der Waals surface area (Å²) in [5.41, 5.74) is 2.13. The number of hydrogen-bond acceptors (Lipinski definition) is 5. The number of nitrogens with one attached hydrogen (secondary N) is 2. The van der Waals surface area contributed by atoms with Gasteiger partial charge in [-0.2, -0.15) is 0 Å². The number of aromatic amines is 1. The highest BCUT2D eigenvalue weighted by Crippen LogP contribution is 2.23. The molecule has 0 aliphatic heterocycles. The maximum atomic E-state index is 12.2. The van der Waals surface area contributed by atoms with Gasteiger partial charge in [-0.05, 0) is 26.0 Å². The Kier molecular flexibility index (Phi) is 5.35. The van der Waals surface area contributed by atoms with Gasteiger partial charge < -0.3 is 5.32 Å². The molecule has 128 valence electrons. The zero-order chi connectivity index (χ0) is 17.8. The third-order valence-corrected chi connectivity index (χ3v) is 4.60. The van der Waals surface area contributed by atoms with Gasteiger partial charge in [0.05, 0.1) is 10.3 Å². The SMILES string of the molecule is Cc1ccc(-c2nc(S[C@H](C)C(=O)Nc3ccc(Cl)cn3)n[nH]2)cc1. The molecule has 1 amide bonds. The van der Waals surface area contributed by atoms with Gasteiger partial charge in [-0.25, -0.2) is 9.97 Å². The molecule has 0 saturated carbocycles. The zero-order valence-electron chi connectivity index (χ0n) is 13.7. The molecule has 1 aromatic carbocycles. The summed E-state index contributed by atoms with van der Waals surface area (Å²) in [6.07, 6.45) is 1.48. The summed E-state index contributed by atoms with van der Waals surface area (Å²) in [5.74, 6) is 0.952. The number of carbonyl (C=O) groups is 1. The lowest BCUT2D eigenvalue weighted by atomic mass is 10.1. The number of amides is 1. The van der Waals surface area contributed by atoms with Gasteiger partial charge in [-0.15, -0.1) is 5.10 Å². The van der Waals surface area contributed by atoms with E-state index < -0.39 is 0 Å². The van der Waals surface area contributed by atoms with Crippen molar-refractivity contribution in [3.05, 3.63) is 53.2 Å². The molecule has 2 aromatic heterocycles. The van der Waals surface area contributed by atoms with Gasteiger partial charge in [0, 0.05) is 11.8 Å². The third kappa shape index (κ3) is 4.58. The maximum Gasteiger partial charge on any atom is 0.238 e. The Bertz CT molecular complexity index is 864. The highest BCUT2D eigenvalue weighted by atomic mass is 35.5. The molecule has 0 saturated heterocycles. The van der Waals surface area contributed by atoms with E-state index in [-0.39, 0.29) is 11.2 Å². The second-order valence-electron chi connectivity index (χ2n) is 5.44. The molecule has 0 fully saturated rings. The first-order valence-corrected chi connectivity index (χ1v) is 8.85. The van der Waals surface area contributed by atoms with Gasteiger partial charge in [0.1, 0.15) is 5.82 Å². The first kappa shape index (κ1) is 17.4. The van der Waals surface area contributed by atoms with Crippen LogP contribution in [0.15, 0.2) is 47.8 Å². The number of aryl methyl sites for hydroxylation is 1. The van der Waals surface area contributed by atoms with Crippen molar-refractivity contribution in [3.63, 3.8) is 0 Å². The summed E-state index contributed by atoms with van der Waals surface area (Å²) in [7, 11) is 0. The number of thioether (sulfide) groups is 1. The second-order valence-corrected chi connectivity index (χ2v) is 7.19. The maximum absolute atomic E-state index is 12.2. The van der Waals surface area contributed by atoms with Gasteiger partial charge in [-0.3, -0.25) is 9.89 Å². The topological polar surface area (TPSA) is 83.6 Å². The molecule has 3 rings (SSSR count). The Morgan fingerprint density at radius 1 is 1.24 bits per heavy atom. The monoisotopic (exact) mass is 373 g/mol. The summed E-state index contributed by atoms with van der Waals surface area (Å²) < 4.78 is 0. The summed E-state index contributed by atoms with van der Waals surface area (Å²) in [6.45, 7) is 3.82. The Morgan fingerprint density at radius 3 is 2.68 bits per heavy atom. The van der Waals surface area contributed by atoms with Gasteiger partial charge in [0.25, 0.3) is 0 Å². The van der Waals surface area contributed by atoms with Crippen LogP contribution in [0.4, 0.5) is 5.82 Å². The molecule has 8 heteroatoms. The quantitative estimate of drug-likeness (QED) is 0.661. The number of H-pyrrole nitrogens is 1. The molecule has 0 spiro atoms. The number of pyridine rings is 1. The van der Waals surface area contributed by atoms with E-state index in [1.165, 1.54) is 23.5 Å². The number of rotatable bonds is 5. The molecule has 0 aliphatic rings. The van der Waals surface area contributed by atoms with Crippen LogP contribution in [0.1, 0.15) is 12.5 Å². The number of aromatic nitrogens is 4. The van der Waals surface area contributed by atoms with Crippen LogP contribution in [0.3, 0.4) is 0 Å². The lowest BCUT2D eigenvalue weighted by Crippen LogP contribution is -2.23. The Hall–Kier alpha value is -2.38. The lowest BCUT2D eigenvalue weighted by molar-refractivity contribution is -0.115. The van der Waals surface area contributed by atoms with Crippen molar-refractivity contribution in [2.24, 2.45) is 0 Å². The van der Waals surface area contributed by atoms with E-state index in [1.54, 1.807) is 19.1 Å². The molecule has 2 N–H and O–H groups in total. The van der Waals surface area contributed by atoms with Gasteiger partial charge in [-0.1, -0.05) is 53.2 Å². The highest BCUT2D eigenvalue weighted by Gasteiger charge is 2.18. The third-order valence-electron chi connectivity index (χ3n) is 3.42. The molecule has 0 unspecified atom stereocenters. The van der Waals surface area contributed by atoms with Crippen molar-refractivity contribution in [2.45, 2.75) is 24.3 Å². The minimum atomic E-state index is -0.376. The second kappa shape index (κ2) is 7.67. The lowest BCUT2D eigenvalue weighted by Gasteiger charge is -2.09. The normalized spacial score (nSPS) is 12.0. The highest BCUT2D eigenvalue weighted by molar-refractivity contribution is 8.00. The molecule has 1 atom stereocenters. The van der Waals surface area contributed by atoms with E-state index in [0.29, 0.717) is 21.8 Å². The number of benzene rings is 1. The average Bonchev–Trinajstić information content (AvgIpc) is 3.06. The fourth-order valence-electron chi connectivity index (χ4n) is 2.03. The van der Waals surface area contributed by atoms with Crippen LogP contribution in [0.25, 0.3) is 11.4 Å². The van der Waals surface area contributed by atoms with E-state index in [0.717, 1.165) is 5.56 Å². The summed E-state index contributed by atoms with van der Waals surface area (Å²) in [5, 5.41) is 10.5.